The number of aromatic nitrogens is 1. The fourth-order valence-electron chi connectivity index (χ4n) is 2.12. The highest BCUT2D eigenvalue weighted by atomic mass is 32.1. The van der Waals surface area contributed by atoms with Crippen molar-refractivity contribution in [2.45, 2.75) is 6.92 Å². The summed E-state index contributed by atoms with van der Waals surface area (Å²) in [6.07, 6.45) is 0. The summed E-state index contributed by atoms with van der Waals surface area (Å²) in [5.74, 6) is 1.05. The summed E-state index contributed by atoms with van der Waals surface area (Å²) in [6.45, 7) is 2.06. The molecule has 0 atom stereocenters. The minimum Gasteiger partial charge on any atom is -0.461 e. The van der Waals surface area contributed by atoms with Gasteiger partial charge in [0, 0.05) is 11.1 Å². The van der Waals surface area contributed by atoms with E-state index in [1.165, 1.54) is 11.3 Å². The smallest absolute Gasteiger partial charge is 0.357 e. The van der Waals surface area contributed by atoms with Crippen LogP contribution >= 0.6 is 23.6 Å². The summed E-state index contributed by atoms with van der Waals surface area (Å²) in [6, 6.07) is 17.0. The normalized spacial score (nSPS) is 10.1. The van der Waals surface area contributed by atoms with Crippen LogP contribution in [0.15, 0.2) is 60.0 Å². The second-order valence-electron chi connectivity index (χ2n) is 5.28. The van der Waals surface area contributed by atoms with Crippen LogP contribution in [0.1, 0.15) is 17.4 Å². The van der Waals surface area contributed by atoms with E-state index in [4.69, 9.17) is 21.7 Å². The van der Waals surface area contributed by atoms with Gasteiger partial charge in [0.05, 0.1) is 6.61 Å². The lowest BCUT2D eigenvalue weighted by atomic mass is 10.3. The largest absolute Gasteiger partial charge is 0.461 e. The molecular weight excluding hydrogens is 382 g/mol. The lowest BCUT2D eigenvalue weighted by Crippen LogP contribution is -2.19. The van der Waals surface area contributed by atoms with Gasteiger partial charge in [-0.25, -0.2) is 9.78 Å². The number of rotatable bonds is 6. The van der Waals surface area contributed by atoms with E-state index in [0.29, 0.717) is 16.9 Å². The third-order valence-corrected chi connectivity index (χ3v) is 4.26. The number of ether oxygens (including phenoxy) is 2. The number of hydrogen-bond acceptors (Lipinski definition) is 6. The van der Waals surface area contributed by atoms with Crippen LogP contribution in [0.2, 0.25) is 0 Å². The van der Waals surface area contributed by atoms with Crippen LogP contribution < -0.4 is 15.4 Å². The maximum atomic E-state index is 11.6. The Balaban J connectivity index is 1.54. The SMILES string of the molecule is CCOC(=O)c1csc(NC(=S)Nc2ccc(Oc3ccccc3)cc2)n1. The van der Waals surface area contributed by atoms with Gasteiger partial charge < -0.3 is 20.1 Å². The van der Waals surface area contributed by atoms with Crippen LogP contribution in [0.5, 0.6) is 11.5 Å². The monoisotopic (exact) mass is 399 g/mol. The molecule has 0 aliphatic carbocycles. The van der Waals surface area contributed by atoms with Crippen molar-refractivity contribution in [3.05, 3.63) is 65.7 Å². The highest BCUT2D eigenvalue weighted by Gasteiger charge is 2.12. The molecule has 6 nitrogen and oxygen atoms in total. The number of hydrogen-bond donors (Lipinski definition) is 2. The van der Waals surface area contributed by atoms with Crippen molar-refractivity contribution in [2.24, 2.45) is 0 Å². The third kappa shape index (κ3) is 5.50. The number of para-hydroxylation sites is 1. The van der Waals surface area contributed by atoms with E-state index in [1.54, 1.807) is 12.3 Å². The van der Waals surface area contributed by atoms with Crippen LogP contribution in [0.3, 0.4) is 0 Å². The Morgan fingerprint density at radius 2 is 1.78 bits per heavy atom. The molecule has 27 heavy (non-hydrogen) atoms. The maximum absolute atomic E-state index is 11.6. The van der Waals surface area contributed by atoms with Crippen LogP contribution in [0, 0.1) is 0 Å². The summed E-state index contributed by atoms with van der Waals surface area (Å²) >= 11 is 6.55. The molecular formula is C19H17N3O3S2. The second kappa shape index (κ2) is 9.11. The van der Waals surface area contributed by atoms with Gasteiger partial charge >= 0.3 is 5.97 Å². The Kier molecular flexibility index (Phi) is 6.35. The molecule has 0 aliphatic heterocycles. The van der Waals surface area contributed by atoms with Crippen molar-refractivity contribution in [1.29, 1.82) is 0 Å². The Morgan fingerprint density at radius 1 is 1.07 bits per heavy atom. The number of thiazole rings is 1. The molecule has 0 amide bonds. The predicted molar refractivity (Wildman–Crippen MR) is 111 cm³/mol. The standard InChI is InChI=1S/C19H17N3O3S2/c1-2-24-17(23)16-12-27-19(21-16)22-18(26)20-13-8-10-15(11-9-13)25-14-6-4-3-5-7-14/h3-12H,2H2,1H3,(H2,20,21,22,26). The van der Waals surface area contributed by atoms with Crippen molar-refractivity contribution in [3.63, 3.8) is 0 Å². The average molecular weight is 399 g/mol. The van der Waals surface area contributed by atoms with Gasteiger partial charge in [-0.3, -0.25) is 0 Å². The lowest BCUT2D eigenvalue weighted by molar-refractivity contribution is 0.0520. The number of benzene rings is 2. The molecule has 0 saturated heterocycles. The minimum atomic E-state index is -0.449. The zero-order valence-corrected chi connectivity index (χ0v) is 16.1. The van der Waals surface area contributed by atoms with E-state index >= 15 is 0 Å². The number of carbonyl (C=O) groups is 1. The van der Waals surface area contributed by atoms with Crippen molar-refractivity contribution < 1.29 is 14.3 Å². The van der Waals surface area contributed by atoms with Gasteiger partial charge in [0.2, 0.25) is 0 Å². The van der Waals surface area contributed by atoms with Gasteiger partial charge in [-0.15, -0.1) is 11.3 Å². The van der Waals surface area contributed by atoms with E-state index in [-0.39, 0.29) is 5.69 Å². The van der Waals surface area contributed by atoms with Gasteiger partial charge in [0.1, 0.15) is 11.5 Å². The van der Waals surface area contributed by atoms with E-state index in [0.717, 1.165) is 17.2 Å². The van der Waals surface area contributed by atoms with Gasteiger partial charge in [0.25, 0.3) is 0 Å². The van der Waals surface area contributed by atoms with Gasteiger partial charge in [-0.2, -0.15) is 0 Å². The molecule has 1 aromatic heterocycles. The molecule has 0 radical (unpaired) electrons. The highest BCUT2D eigenvalue weighted by Crippen LogP contribution is 2.23. The number of thiocarbonyl (C=S) groups is 1. The molecule has 1 heterocycles. The predicted octanol–water partition coefficient (Wildman–Crippen LogP) is 4.92. The average Bonchev–Trinajstić information content (AvgIpc) is 3.13. The molecule has 2 N–H and O–H groups in total. The fourth-order valence-corrected chi connectivity index (χ4v) is 3.08. The van der Waals surface area contributed by atoms with Crippen LogP contribution in [-0.2, 0) is 4.74 Å². The summed E-state index contributed by atoms with van der Waals surface area (Å²) in [4.78, 5) is 15.8. The zero-order chi connectivity index (χ0) is 19.1. The van der Waals surface area contributed by atoms with Gasteiger partial charge in [-0.1, -0.05) is 18.2 Å². The molecule has 3 rings (SSSR count). The maximum Gasteiger partial charge on any atom is 0.357 e. The molecule has 0 aliphatic rings. The number of esters is 1. The molecule has 0 fully saturated rings. The van der Waals surface area contributed by atoms with Crippen LogP contribution in [0.25, 0.3) is 0 Å². The van der Waals surface area contributed by atoms with Gasteiger partial charge in [0.15, 0.2) is 15.9 Å². The third-order valence-electron chi connectivity index (χ3n) is 3.30. The number of nitrogens with one attached hydrogen (secondary N) is 2. The Morgan fingerprint density at radius 3 is 2.48 bits per heavy atom. The molecule has 0 bridgehead atoms. The first-order valence-electron chi connectivity index (χ1n) is 8.17. The van der Waals surface area contributed by atoms with Crippen molar-refractivity contribution in [1.82, 2.24) is 4.98 Å². The van der Waals surface area contributed by atoms with Crippen molar-refractivity contribution in [3.8, 4) is 11.5 Å². The lowest BCUT2D eigenvalue weighted by Gasteiger charge is -2.10. The first kappa shape index (κ1) is 18.8. The topological polar surface area (TPSA) is 72.5 Å². The number of anilines is 2. The Bertz CT molecular complexity index is 911. The second-order valence-corrected chi connectivity index (χ2v) is 6.54. The Labute approximate surface area is 166 Å². The minimum absolute atomic E-state index is 0.259. The molecule has 0 unspecified atom stereocenters. The first-order chi connectivity index (χ1) is 13.1. The van der Waals surface area contributed by atoms with E-state index < -0.39 is 5.97 Å². The van der Waals surface area contributed by atoms with Crippen molar-refractivity contribution >= 4 is 45.5 Å². The summed E-state index contributed by atoms with van der Waals surface area (Å²) in [7, 11) is 0. The van der Waals surface area contributed by atoms with E-state index in [9.17, 15) is 4.79 Å². The first-order valence-corrected chi connectivity index (χ1v) is 9.46. The number of nitrogens with zero attached hydrogens (tertiary/aromatic N) is 1. The molecule has 0 spiro atoms. The van der Waals surface area contributed by atoms with Crippen molar-refractivity contribution in [2.75, 3.05) is 17.2 Å². The molecule has 0 saturated carbocycles. The van der Waals surface area contributed by atoms with Gasteiger partial charge in [-0.05, 0) is 55.5 Å². The fraction of sp³-hybridized carbons (Fsp3) is 0.105. The molecule has 3 aromatic rings. The zero-order valence-electron chi connectivity index (χ0n) is 14.5. The highest BCUT2D eigenvalue weighted by molar-refractivity contribution is 7.80. The Hall–Kier alpha value is -2.97. The molecule has 2 aromatic carbocycles. The summed E-state index contributed by atoms with van der Waals surface area (Å²) < 4.78 is 10.7. The number of carbonyl (C=O) groups excluding carboxylic acids is 1. The summed E-state index contributed by atoms with van der Waals surface area (Å²) in [5.41, 5.74) is 1.06. The van der Waals surface area contributed by atoms with E-state index in [2.05, 4.69) is 15.6 Å². The van der Waals surface area contributed by atoms with Crippen LogP contribution in [-0.4, -0.2) is 22.7 Å². The molecule has 8 heteroatoms. The quantitative estimate of drug-likeness (QED) is 0.450. The summed E-state index contributed by atoms with van der Waals surface area (Å²) in [5, 5.41) is 8.52. The molecule has 138 valence electrons. The van der Waals surface area contributed by atoms with Crippen LogP contribution in [0.4, 0.5) is 10.8 Å². The van der Waals surface area contributed by atoms with E-state index in [1.807, 2.05) is 54.6 Å².